The van der Waals surface area contributed by atoms with Gasteiger partial charge < -0.3 is 5.11 Å². The van der Waals surface area contributed by atoms with E-state index in [1.54, 1.807) is 12.4 Å². The van der Waals surface area contributed by atoms with Crippen molar-refractivity contribution in [3.8, 4) is 11.4 Å². The largest absolute Gasteiger partial charge is 0.481 e. The smallest absolute Gasteiger partial charge is 0.307 e. The van der Waals surface area contributed by atoms with Crippen molar-refractivity contribution in [3.63, 3.8) is 0 Å². The van der Waals surface area contributed by atoms with Crippen molar-refractivity contribution in [2.75, 3.05) is 0 Å². The van der Waals surface area contributed by atoms with Crippen LogP contribution in [0.15, 0.2) is 36.7 Å². The Labute approximate surface area is 99.0 Å². The second-order valence-electron chi connectivity index (χ2n) is 3.85. The number of aromatic nitrogens is 2. The number of aliphatic carboxylic acids is 1. The lowest BCUT2D eigenvalue weighted by molar-refractivity contribution is -0.136. The molecule has 0 radical (unpaired) electrons. The van der Waals surface area contributed by atoms with E-state index in [1.165, 1.54) is 0 Å². The molecule has 0 bridgehead atoms. The van der Waals surface area contributed by atoms with E-state index >= 15 is 0 Å². The van der Waals surface area contributed by atoms with Gasteiger partial charge in [0.05, 0.1) is 6.42 Å². The Hall–Kier alpha value is -2.23. The first-order valence-corrected chi connectivity index (χ1v) is 5.25. The van der Waals surface area contributed by atoms with Gasteiger partial charge in [-0.25, -0.2) is 9.97 Å². The first-order chi connectivity index (χ1) is 8.15. The summed E-state index contributed by atoms with van der Waals surface area (Å²) in [7, 11) is 0. The van der Waals surface area contributed by atoms with E-state index in [9.17, 15) is 4.79 Å². The Morgan fingerprint density at radius 2 is 2.00 bits per heavy atom. The van der Waals surface area contributed by atoms with Crippen LogP contribution in [0, 0.1) is 6.92 Å². The maximum Gasteiger partial charge on any atom is 0.307 e. The zero-order valence-corrected chi connectivity index (χ0v) is 9.42. The SMILES string of the molecule is Cc1cccc(-c2ncc(CC(=O)O)cn2)c1. The summed E-state index contributed by atoms with van der Waals surface area (Å²) in [4.78, 5) is 18.9. The van der Waals surface area contributed by atoms with Gasteiger partial charge in [0.25, 0.3) is 0 Å². The molecule has 0 unspecified atom stereocenters. The molecule has 0 spiro atoms. The monoisotopic (exact) mass is 228 g/mol. The Bertz CT molecular complexity index is 535. The number of hydrogen-bond donors (Lipinski definition) is 1. The van der Waals surface area contributed by atoms with Crippen molar-refractivity contribution in [2.45, 2.75) is 13.3 Å². The molecule has 0 saturated carbocycles. The van der Waals surface area contributed by atoms with Crippen molar-refractivity contribution in [1.29, 1.82) is 0 Å². The molecule has 1 aromatic heterocycles. The third-order valence-electron chi connectivity index (χ3n) is 2.34. The van der Waals surface area contributed by atoms with Crippen LogP contribution in [0.5, 0.6) is 0 Å². The Morgan fingerprint density at radius 1 is 1.29 bits per heavy atom. The van der Waals surface area contributed by atoms with Crippen LogP contribution in [0.3, 0.4) is 0 Å². The molecule has 17 heavy (non-hydrogen) atoms. The van der Waals surface area contributed by atoms with Gasteiger partial charge in [-0.1, -0.05) is 23.8 Å². The van der Waals surface area contributed by atoms with E-state index in [0.29, 0.717) is 11.4 Å². The highest BCUT2D eigenvalue weighted by Crippen LogP contribution is 2.15. The third kappa shape index (κ3) is 2.87. The van der Waals surface area contributed by atoms with E-state index in [1.807, 2.05) is 31.2 Å². The van der Waals surface area contributed by atoms with Crippen molar-refractivity contribution in [2.24, 2.45) is 0 Å². The molecule has 2 aromatic rings. The summed E-state index contributed by atoms with van der Waals surface area (Å²) in [6.45, 7) is 2.00. The number of carboxylic acids is 1. The maximum absolute atomic E-state index is 10.5. The number of benzene rings is 1. The molecular weight excluding hydrogens is 216 g/mol. The van der Waals surface area contributed by atoms with Gasteiger partial charge in [0.15, 0.2) is 5.82 Å². The third-order valence-corrected chi connectivity index (χ3v) is 2.34. The van der Waals surface area contributed by atoms with Crippen LogP contribution in [-0.2, 0) is 11.2 Å². The summed E-state index contributed by atoms with van der Waals surface area (Å²) in [6, 6.07) is 7.87. The van der Waals surface area contributed by atoms with E-state index in [4.69, 9.17) is 5.11 Å². The number of rotatable bonds is 3. The molecular formula is C13H12N2O2. The van der Waals surface area contributed by atoms with Crippen LogP contribution in [0.1, 0.15) is 11.1 Å². The molecule has 86 valence electrons. The second kappa shape index (κ2) is 4.74. The molecule has 0 amide bonds. The van der Waals surface area contributed by atoms with Gasteiger partial charge in [0.2, 0.25) is 0 Å². The highest BCUT2D eigenvalue weighted by molar-refractivity contribution is 5.70. The fraction of sp³-hybridized carbons (Fsp3) is 0.154. The highest BCUT2D eigenvalue weighted by Gasteiger charge is 2.04. The van der Waals surface area contributed by atoms with Gasteiger partial charge in [-0.3, -0.25) is 4.79 Å². The molecule has 4 heteroatoms. The quantitative estimate of drug-likeness (QED) is 0.873. The van der Waals surface area contributed by atoms with Gasteiger partial charge in [-0.05, 0) is 18.6 Å². The van der Waals surface area contributed by atoms with Crippen molar-refractivity contribution in [1.82, 2.24) is 9.97 Å². The molecule has 4 nitrogen and oxygen atoms in total. The molecule has 0 saturated heterocycles. The lowest BCUT2D eigenvalue weighted by Gasteiger charge is -2.02. The molecule has 0 aliphatic heterocycles. The molecule has 1 aromatic carbocycles. The Morgan fingerprint density at radius 3 is 2.59 bits per heavy atom. The maximum atomic E-state index is 10.5. The molecule has 0 fully saturated rings. The van der Waals surface area contributed by atoms with Gasteiger partial charge in [0.1, 0.15) is 0 Å². The van der Waals surface area contributed by atoms with Crippen LogP contribution in [-0.4, -0.2) is 21.0 Å². The first-order valence-electron chi connectivity index (χ1n) is 5.25. The Balaban J connectivity index is 2.26. The summed E-state index contributed by atoms with van der Waals surface area (Å²) in [5.74, 6) is -0.264. The fourth-order valence-electron chi connectivity index (χ4n) is 1.55. The summed E-state index contributed by atoms with van der Waals surface area (Å²) < 4.78 is 0. The van der Waals surface area contributed by atoms with E-state index < -0.39 is 5.97 Å². The molecule has 0 aliphatic rings. The average Bonchev–Trinajstić information content (AvgIpc) is 2.29. The van der Waals surface area contributed by atoms with Gasteiger partial charge >= 0.3 is 5.97 Å². The summed E-state index contributed by atoms with van der Waals surface area (Å²) in [6.07, 6.45) is 3.06. The second-order valence-corrected chi connectivity index (χ2v) is 3.85. The predicted molar refractivity (Wildman–Crippen MR) is 63.5 cm³/mol. The molecule has 1 N–H and O–H groups in total. The summed E-state index contributed by atoms with van der Waals surface area (Å²) >= 11 is 0. The van der Waals surface area contributed by atoms with Gasteiger partial charge in [-0.15, -0.1) is 0 Å². The zero-order chi connectivity index (χ0) is 12.3. The average molecular weight is 228 g/mol. The van der Waals surface area contributed by atoms with Crippen LogP contribution in [0.25, 0.3) is 11.4 Å². The minimum absolute atomic E-state index is 0.0475. The standard InChI is InChI=1S/C13H12N2O2/c1-9-3-2-4-11(5-9)13-14-7-10(8-15-13)6-12(16)17/h2-5,7-8H,6H2,1H3,(H,16,17). The lowest BCUT2D eigenvalue weighted by atomic mass is 10.1. The van der Waals surface area contributed by atoms with Crippen LogP contribution in [0.2, 0.25) is 0 Å². The fourth-order valence-corrected chi connectivity index (χ4v) is 1.55. The minimum atomic E-state index is -0.878. The lowest BCUT2D eigenvalue weighted by Crippen LogP contribution is -2.01. The zero-order valence-electron chi connectivity index (χ0n) is 9.42. The van der Waals surface area contributed by atoms with E-state index in [2.05, 4.69) is 9.97 Å². The van der Waals surface area contributed by atoms with Gasteiger partial charge in [-0.2, -0.15) is 0 Å². The number of carboxylic acid groups (broad SMARTS) is 1. The van der Waals surface area contributed by atoms with Crippen molar-refractivity contribution >= 4 is 5.97 Å². The highest BCUT2D eigenvalue weighted by atomic mass is 16.4. The molecule has 0 atom stereocenters. The van der Waals surface area contributed by atoms with Crippen LogP contribution >= 0.6 is 0 Å². The number of nitrogens with zero attached hydrogens (tertiary/aromatic N) is 2. The first kappa shape index (κ1) is 11.3. The number of hydrogen-bond acceptors (Lipinski definition) is 3. The topological polar surface area (TPSA) is 63.1 Å². The van der Waals surface area contributed by atoms with E-state index in [-0.39, 0.29) is 6.42 Å². The van der Waals surface area contributed by atoms with Crippen molar-refractivity contribution < 1.29 is 9.90 Å². The predicted octanol–water partition coefficient (Wildman–Crippen LogP) is 2.08. The normalized spacial score (nSPS) is 10.2. The van der Waals surface area contributed by atoms with Crippen LogP contribution < -0.4 is 0 Å². The molecule has 2 rings (SSSR count). The van der Waals surface area contributed by atoms with E-state index in [0.717, 1.165) is 11.1 Å². The van der Waals surface area contributed by atoms with Gasteiger partial charge in [0, 0.05) is 18.0 Å². The summed E-state index contributed by atoms with van der Waals surface area (Å²) in [5.41, 5.74) is 2.68. The van der Waals surface area contributed by atoms with Crippen molar-refractivity contribution in [3.05, 3.63) is 47.8 Å². The van der Waals surface area contributed by atoms with Crippen LogP contribution in [0.4, 0.5) is 0 Å². The molecule has 1 heterocycles. The number of aryl methyl sites for hydroxylation is 1. The minimum Gasteiger partial charge on any atom is -0.481 e. The summed E-state index contributed by atoms with van der Waals surface area (Å²) in [5, 5.41) is 8.63. The molecule has 0 aliphatic carbocycles. The number of carbonyl (C=O) groups is 1. The Kier molecular flexibility index (Phi) is 3.14.